The summed E-state index contributed by atoms with van der Waals surface area (Å²) >= 11 is 12.1. The number of aromatic nitrogens is 3. The van der Waals surface area contributed by atoms with Crippen LogP contribution in [0.3, 0.4) is 0 Å². The number of hydrogen-bond acceptors (Lipinski definition) is 4. The van der Waals surface area contributed by atoms with E-state index in [0.717, 1.165) is 11.3 Å². The number of H-pyrrole nitrogens is 1. The SMILES string of the molecule is C[C@@H]1Cc2c(C(=O)NCc3c(Cl)cncc3Cl)n[nH]c2[C@H](C)O1. The smallest absolute Gasteiger partial charge is 0.272 e. The Bertz CT molecular complexity index is 727. The maximum atomic E-state index is 12.5. The lowest BCUT2D eigenvalue weighted by molar-refractivity contribution is -0.00697. The van der Waals surface area contributed by atoms with Gasteiger partial charge in [0.2, 0.25) is 0 Å². The quantitative estimate of drug-likeness (QED) is 0.887. The minimum absolute atomic E-state index is 0.0470. The molecule has 2 N–H and O–H groups in total. The number of fused-ring (bicyclic) bond motifs is 1. The lowest BCUT2D eigenvalue weighted by Gasteiger charge is -2.25. The van der Waals surface area contributed by atoms with Crippen LogP contribution in [0.25, 0.3) is 0 Å². The van der Waals surface area contributed by atoms with Crippen LogP contribution in [0.4, 0.5) is 0 Å². The van der Waals surface area contributed by atoms with Crippen LogP contribution in [-0.2, 0) is 17.7 Å². The number of hydrogen-bond donors (Lipinski definition) is 2. The molecule has 0 spiro atoms. The monoisotopic (exact) mass is 354 g/mol. The largest absolute Gasteiger partial charge is 0.369 e. The highest BCUT2D eigenvalue weighted by molar-refractivity contribution is 6.35. The van der Waals surface area contributed by atoms with Crippen LogP contribution in [0.5, 0.6) is 0 Å². The summed E-state index contributed by atoms with van der Waals surface area (Å²) in [4.78, 5) is 16.3. The molecule has 23 heavy (non-hydrogen) atoms. The summed E-state index contributed by atoms with van der Waals surface area (Å²) in [5.74, 6) is -0.271. The lowest BCUT2D eigenvalue weighted by Crippen LogP contribution is -2.27. The van der Waals surface area contributed by atoms with Gasteiger partial charge in [-0.05, 0) is 13.8 Å². The summed E-state index contributed by atoms with van der Waals surface area (Å²) in [6.07, 6.45) is 3.57. The van der Waals surface area contributed by atoms with Gasteiger partial charge in [-0.15, -0.1) is 0 Å². The molecule has 1 amide bonds. The zero-order valence-electron chi connectivity index (χ0n) is 12.7. The van der Waals surface area contributed by atoms with E-state index in [-0.39, 0.29) is 24.7 Å². The second kappa shape index (κ2) is 6.47. The number of carbonyl (C=O) groups is 1. The number of carbonyl (C=O) groups excluding carboxylic acids is 1. The van der Waals surface area contributed by atoms with Crippen molar-refractivity contribution in [1.82, 2.24) is 20.5 Å². The summed E-state index contributed by atoms with van der Waals surface area (Å²) in [5, 5.41) is 10.7. The Morgan fingerprint density at radius 1 is 1.39 bits per heavy atom. The standard InChI is InChI=1S/C15H16Cl2N4O2/c1-7-3-9-13(8(2)23-7)20-21-14(9)15(22)19-4-10-11(16)5-18-6-12(10)17/h5-8H,3-4H2,1-2H3,(H,19,22)(H,20,21)/t7-,8+/m1/s1. The minimum Gasteiger partial charge on any atom is -0.369 e. The first-order chi connectivity index (χ1) is 11.0. The van der Waals surface area contributed by atoms with E-state index in [9.17, 15) is 4.79 Å². The first-order valence-electron chi connectivity index (χ1n) is 7.26. The minimum atomic E-state index is -0.271. The summed E-state index contributed by atoms with van der Waals surface area (Å²) < 4.78 is 5.72. The van der Waals surface area contributed by atoms with Crippen LogP contribution in [0, 0.1) is 0 Å². The summed E-state index contributed by atoms with van der Waals surface area (Å²) in [6, 6.07) is 0. The van der Waals surface area contributed by atoms with Gasteiger partial charge in [0.15, 0.2) is 5.69 Å². The van der Waals surface area contributed by atoms with Crippen molar-refractivity contribution in [3.8, 4) is 0 Å². The topological polar surface area (TPSA) is 79.9 Å². The number of aromatic amines is 1. The number of nitrogens with zero attached hydrogens (tertiary/aromatic N) is 2. The van der Waals surface area contributed by atoms with E-state index >= 15 is 0 Å². The van der Waals surface area contributed by atoms with Crippen LogP contribution in [0.1, 0.15) is 47.3 Å². The van der Waals surface area contributed by atoms with Crippen molar-refractivity contribution in [1.29, 1.82) is 0 Å². The average molecular weight is 355 g/mol. The third-order valence-electron chi connectivity index (χ3n) is 3.83. The Balaban J connectivity index is 1.77. The predicted molar refractivity (Wildman–Crippen MR) is 86.7 cm³/mol. The van der Waals surface area contributed by atoms with Gasteiger partial charge in [0.05, 0.1) is 27.9 Å². The van der Waals surface area contributed by atoms with Gasteiger partial charge in [0.1, 0.15) is 0 Å². The second-order valence-corrected chi connectivity index (χ2v) is 6.34. The Morgan fingerprint density at radius 3 is 2.78 bits per heavy atom. The third kappa shape index (κ3) is 3.20. The molecule has 0 aliphatic carbocycles. The molecule has 0 radical (unpaired) electrons. The highest BCUT2D eigenvalue weighted by Gasteiger charge is 2.29. The first kappa shape index (κ1) is 16.2. The predicted octanol–water partition coefficient (Wildman–Crippen LogP) is 3.06. The van der Waals surface area contributed by atoms with E-state index in [4.69, 9.17) is 27.9 Å². The number of amides is 1. The fourth-order valence-corrected chi connectivity index (χ4v) is 3.22. The second-order valence-electron chi connectivity index (χ2n) is 5.52. The van der Waals surface area contributed by atoms with E-state index in [1.54, 1.807) is 0 Å². The van der Waals surface area contributed by atoms with Gasteiger partial charge in [-0.3, -0.25) is 14.9 Å². The molecule has 122 valence electrons. The maximum absolute atomic E-state index is 12.5. The van der Waals surface area contributed by atoms with Gasteiger partial charge in [-0.25, -0.2) is 0 Å². The van der Waals surface area contributed by atoms with Gasteiger partial charge < -0.3 is 10.1 Å². The highest BCUT2D eigenvalue weighted by Crippen LogP contribution is 2.30. The average Bonchev–Trinajstić information content (AvgIpc) is 2.90. The molecule has 1 aliphatic heterocycles. The summed E-state index contributed by atoms with van der Waals surface area (Å²) in [5.41, 5.74) is 2.78. The van der Waals surface area contributed by atoms with E-state index in [1.807, 2.05) is 13.8 Å². The molecule has 3 rings (SSSR count). The van der Waals surface area contributed by atoms with Crippen LogP contribution in [0.15, 0.2) is 12.4 Å². The Labute approximate surface area is 143 Å². The molecule has 0 saturated heterocycles. The Morgan fingerprint density at radius 2 is 2.09 bits per heavy atom. The molecule has 0 aromatic carbocycles. The summed E-state index contributed by atoms with van der Waals surface area (Å²) in [7, 11) is 0. The number of ether oxygens (including phenoxy) is 1. The van der Waals surface area contributed by atoms with Crippen LogP contribution < -0.4 is 5.32 Å². The van der Waals surface area contributed by atoms with Crippen LogP contribution in [-0.4, -0.2) is 27.2 Å². The molecule has 8 heteroatoms. The molecular formula is C15H16Cl2N4O2. The van der Waals surface area contributed by atoms with Gasteiger partial charge in [0.25, 0.3) is 5.91 Å². The lowest BCUT2D eigenvalue weighted by atomic mass is 9.99. The molecule has 3 heterocycles. The molecule has 0 fully saturated rings. The fourth-order valence-electron chi connectivity index (χ4n) is 2.72. The molecule has 0 saturated carbocycles. The van der Waals surface area contributed by atoms with Crippen molar-refractivity contribution in [3.63, 3.8) is 0 Å². The molecular weight excluding hydrogens is 339 g/mol. The van der Waals surface area contributed by atoms with Gasteiger partial charge >= 0.3 is 0 Å². The molecule has 0 bridgehead atoms. The highest BCUT2D eigenvalue weighted by atomic mass is 35.5. The van der Waals surface area contributed by atoms with Crippen molar-refractivity contribution in [2.24, 2.45) is 0 Å². The zero-order valence-corrected chi connectivity index (χ0v) is 14.2. The van der Waals surface area contributed by atoms with E-state index in [2.05, 4.69) is 20.5 Å². The molecule has 0 unspecified atom stereocenters. The number of rotatable bonds is 3. The molecule has 6 nitrogen and oxygen atoms in total. The van der Waals surface area contributed by atoms with Gasteiger partial charge in [0, 0.05) is 36.5 Å². The van der Waals surface area contributed by atoms with E-state index in [0.29, 0.717) is 27.7 Å². The Hall–Kier alpha value is -1.63. The van der Waals surface area contributed by atoms with Crippen molar-refractivity contribution >= 4 is 29.1 Å². The van der Waals surface area contributed by atoms with E-state index < -0.39 is 0 Å². The van der Waals surface area contributed by atoms with Crippen molar-refractivity contribution < 1.29 is 9.53 Å². The van der Waals surface area contributed by atoms with Crippen LogP contribution >= 0.6 is 23.2 Å². The van der Waals surface area contributed by atoms with Crippen molar-refractivity contribution in [2.75, 3.05) is 0 Å². The third-order valence-corrected chi connectivity index (χ3v) is 4.48. The van der Waals surface area contributed by atoms with Crippen LogP contribution in [0.2, 0.25) is 10.0 Å². The van der Waals surface area contributed by atoms with Crippen molar-refractivity contribution in [2.45, 2.75) is 39.0 Å². The summed E-state index contributed by atoms with van der Waals surface area (Å²) in [6.45, 7) is 4.12. The zero-order chi connectivity index (χ0) is 16.6. The first-order valence-corrected chi connectivity index (χ1v) is 8.01. The van der Waals surface area contributed by atoms with Gasteiger partial charge in [-0.2, -0.15) is 5.10 Å². The molecule has 2 aromatic heterocycles. The van der Waals surface area contributed by atoms with E-state index in [1.165, 1.54) is 12.4 Å². The number of halogens is 2. The normalized spacial score (nSPS) is 20.2. The number of nitrogens with one attached hydrogen (secondary N) is 2. The van der Waals surface area contributed by atoms with Gasteiger partial charge in [-0.1, -0.05) is 23.2 Å². The van der Waals surface area contributed by atoms with Crippen molar-refractivity contribution in [3.05, 3.63) is 45.0 Å². The fraction of sp³-hybridized carbons (Fsp3) is 0.400. The molecule has 2 aromatic rings. The molecule has 1 aliphatic rings. The Kier molecular flexibility index (Phi) is 4.57. The maximum Gasteiger partial charge on any atom is 0.272 e. The number of pyridine rings is 1. The molecule has 2 atom stereocenters.